The number of anilines is 1. The first-order chi connectivity index (χ1) is 14.1. The van der Waals surface area contributed by atoms with Crippen molar-refractivity contribution in [2.24, 2.45) is 0 Å². The first-order valence-electron chi connectivity index (χ1n) is 9.25. The largest absolute Gasteiger partial charge is 0.493 e. The normalized spacial score (nSPS) is 12.1. The molecule has 2 aromatic carbocycles. The molecule has 0 aliphatic rings. The van der Waals surface area contributed by atoms with Gasteiger partial charge in [-0.05, 0) is 38.1 Å². The van der Waals surface area contributed by atoms with E-state index in [-0.39, 0.29) is 6.54 Å². The zero-order valence-corrected chi connectivity index (χ0v) is 18.9. The monoisotopic (exact) mass is 436 g/mol. The summed E-state index contributed by atoms with van der Waals surface area (Å²) in [6, 6.07) is 9.46. The van der Waals surface area contributed by atoms with Gasteiger partial charge in [-0.2, -0.15) is 0 Å². The fourth-order valence-electron chi connectivity index (χ4n) is 3.13. The maximum absolute atomic E-state index is 12.8. The molecule has 164 valence electrons. The number of ether oxygens (including phenoxy) is 3. The number of nitrogens with zero attached hydrogens (tertiary/aromatic N) is 1. The molecule has 8 nitrogen and oxygen atoms in total. The molecule has 1 N–H and O–H groups in total. The fourth-order valence-corrected chi connectivity index (χ4v) is 4.31. The Morgan fingerprint density at radius 3 is 2.10 bits per heavy atom. The van der Waals surface area contributed by atoms with E-state index in [2.05, 4.69) is 5.32 Å². The Hall–Kier alpha value is -2.94. The van der Waals surface area contributed by atoms with Crippen LogP contribution in [0, 0.1) is 6.92 Å². The molecule has 0 spiro atoms. The summed E-state index contributed by atoms with van der Waals surface area (Å²) in [6.45, 7) is 3.57. The molecule has 0 heterocycles. The summed E-state index contributed by atoms with van der Waals surface area (Å²) in [7, 11) is 0.830. The minimum absolute atomic E-state index is 0.123. The molecule has 0 aliphatic heterocycles. The molecule has 0 saturated heterocycles. The average Bonchev–Trinajstić information content (AvgIpc) is 2.71. The van der Waals surface area contributed by atoms with Gasteiger partial charge in [0.2, 0.25) is 21.7 Å². The van der Waals surface area contributed by atoms with Crippen LogP contribution in [0.2, 0.25) is 0 Å². The third-order valence-electron chi connectivity index (χ3n) is 4.62. The van der Waals surface area contributed by atoms with Gasteiger partial charge in [0.25, 0.3) is 0 Å². The van der Waals surface area contributed by atoms with Crippen LogP contribution in [0.25, 0.3) is 0 Å². The number of hydrogen-bond donors (Lipinski definition) is 1. The molecule has 2 aromatic rings. The predicted molar refractivity (Wildman–Crippen MR) is 116 cm³/mol. The molecular formula is C21H28N2O6S. The van der Waals surface area contributed by atoms with Gasteiger partial charge >= 0.3 is 0 Å². The van der Waals surface area contributed by atoms with Gasteiger partial charge in [-0.15, -0.1) is 0 Å². The lowest BCUT2D eigenvalue weighted by Gasteiger charge is -2.28. The van der Waals surface area contributed by atoms with Crippen molar-refractivity contribution in [2.45, 2.75) is 26.4 Å². The number of nitrogens with one attached hydrogen (secondary N) is 1. The van der Waals surface area contributed by atoms with Gasteiger partial charge in [0.1, 0.15) is 6.04 Å². The van der Waals surface area contributed by atoms with E-state index in [1.165, 1.54) is 21.3 Å². The van der Waals surface area contributed by atoms with Crippen molar-refractivity contribution >= 4 is 21.6 Å². The van der Waals surface area contributed by atoms with E-state index in [9.17, 15) is 13.2 Å². The quantitative estimate of drug-likeness (QED) is 0.649. The molecule has 9 heteroatoms. The zero-order chi connectivity index (χ0) is 22.5. The molecule has 0 unspecified atom stereocenters. The number of hydrogen-bond acceptors (Lipinski definition) is 6. The second-order valence-electron chi connectivity index (χ2n) is 6.78. The SMILES string of the molecule is COc1ccc(CNC(=O)[C@H](C)N(c2ccc(C)cc2)S(C)(=O)=O)c(OC)c1OC. The van der Waals surface area contributed by atoms with Crippen molar-refractivity contribution in [3.8, 4) is 17.2 Å². The van der Waals surface area contributed by atoms with Crippen LogP contribution in [0.15, 0.2) is 36.4 Å². The Labute approximate surface area is 177 Å². The minimum atomic E-state index is -3.68. The lowest BCUT2D eigenvalue weighted by Crippen LogP contribution is -2.47. The number of sulfonamides is 1. The van der Waals surface area contributed by atoms with E-state index in [0.29, 0.717) is 28.5 Å². The lowest BCUT2D eigenvalue weighted by molar-refractivity contribution is -0.122. The summed E-state index contributed by atoms with van der Waals surface area (Å²) in [5.74, 6) is 0.902. The van der Waals surface area contributed by atoms with E-state index in [0.717, 1.165) is 16.1 Å². The highest BCUT2D eigenvalue weighted by atomic mass is 32.2. The third kappa shape index (κ3) is 5.15. The molecule has 0 aromatic heterocycles. The molecule has 30 heavy (non-hydrogen) atoms. The van der Waals surface area contributed by atoms with Gasteiger partial charge in [-0.1, -0.05) is 17.7 Å². The van der Waals surface area contributed by atoms with E-state index in [1.54, 1.807) is 43.3 Å². The number of benzene rings is 2. The first-order valence-corrected chi connectivity index (χ1v) is 11.1. The van der Waals surface area contributed by atoms with Crippen LogP contribution in [0.5, 0.6) is 17.2 Å². The van der Waals surface area contributed by atoms with Crippen LogP contribution < -0.4 is 23.8 Å². The van der Waals surface area contributed by atoms with E-state index >= 15 is 0 Å². The number of carbonyl (C=O) groups excluding carboxylic acids is 1. The van der Waals surface area contributed by atoms with Gasteiger partial charge in [-0.25, -0.2) is 8.42 Å². The molecular weight excluding hydrogens is 408 g/mol. The van der Waals surface area contributed by atoms with Crippen LogP contribution in [0.1, 0.15) is 18.1 Å². The van der Waals surface area contributed by atoms with Gasteiger partial charge in [0.15, 0.2) is 11.5 Å². The summed E-state index contributed by atoms with van der Waals surface area (Å²) in [6.07, 6.45) is 1.08. The molecule has 0 aliphatic carbocycles. The molecule has 1 amide bonds. The van der Waals surface area contributed by atoms with Gasteiger partial charge in [0, 0.05) is 12.1 Å². The number of aryl methyl sites for hydroxylation is 1. The molecule has 0 fully saturated rings. The molecule has 0 bridgehead atoms. The van der Waals surface area contributed by atoms with E-state index < -0.39 is 22.0 Å². The molecule has 2 rings (SSSR count). The number of rotatable bonds is 9. The Kier molecular flexibility index (Phi) is 7.55. The highest BCUT2D eigenvalue weighted by molar-refractivity contribution is 7.92. The van der Waals surface area contributed by atoms with Crippen molar-refractivity contribution in [2.75, 3.05) is 31.9 Å². The molecule has 1 atom stereocenters. The molecule has 0 radical (unpaired) electrons. The van der Waals surface area contributed by atoms with Gasteiger partial charge in [0.05, 0.1) is 33.3 Å². The fraction of sp³-hybridized carbons (Fsp3) is 0.381. The van der Waals surface area contributed by atoms with Crippen molar-refractivity contribution in [1.82, 2.24) is 5.32 Å². The van der Waals surface area contributed by atoms with Gasteiger partial charge < -0.3 is 19.5 Å². The first kappa shape index (κ1) is 23.3. The summed E-state index contributed by atoms with van der Waals surface area (Å²) in [4.78, 5) is 12.8. The Morgan fingerprint density at radius 2 is 1.60 bits per heavy atom. The minimum Gasteiger partial charge on any atom is -0.493 e. The van der Waals surface area contributed by atoms with Crippen LogP contribution in [0.3, 0.4) is 0 Å². The predicted octanol–water partition coefficient (Wildman–Crippen LogP) is 2.49. The second kappa shape index (κ2) is 9.71. The summed E-state index contributed by atoms with van der Waals surface area (Å²) >= 11 is 0. The van der Waals surface area contributed by atoms with Crippen LogP contribution >= 0.6 is 0 Å². The van der Waals surface area contributed by atoms with Crippen LogP contribution in [-0.4, -0.2) is 48.0 Å². The van der Waals surface area contributed by atoms with Crippen molar-refractivity contribution < 1.29 is 27.4 Å². The average molecular weight is 437 g/mol. The summed E-state index contributed by atoms with van der Waals surface area (Å²) in [5, 5.41) is 2.77. The smallest absolute Gasteiger partial charge is 0.243 e. The Balaban J connectivity index is 2.25. The maximum Gasteiger partial charge on any atom is 0.243 e. The lowest BCUT2D eigenvalue weighted by atomic mass is 10.1. The van der Waals surface area contributed by atoms with E-state index in [1.807, 2.05) is 6.92 Å². The van der Waals surface area contributed by atoms with Crippen LogP contribution in [0.4, 0.5) is 5.69 Å². The third-order valence-corrected chi connectivity index (χ3v) is 5.86. The zero-order valence-electron chi connectivity index (χ0n) is 18.1. The number of methoxy groups -OCH3 is 3. The topological polar surface area (TPSA) is 94.2 Å². The highest BCUT2D eigenvalue weighted by Crippen LogP contribution is 2.39. The molecule has 0 saturated carbocycles. The highest BCUT2D eigenvalue weighted by Gasteiger charge is 2.29. The number of amides is 1. The van der Waals surface area contributed by atoms with Crippen LogP contribution in [-0.2, 0) is 21.4 Å². The summed E-state index contributed by atoms with van der Waals surface area (Å²) in [5.41, 5.74) is 2.08. The Morgan fingerprint density at radius 1 is 1.00 bits per heavy atom. The Bertz CT molecular complexity index is 989. The van der Waals surface area contributed by atoms with Crippen molar-refractivity contribution in [1.29, 1.82) is 0 Å². The van der Waals surface area contributed by atoms with E-state index in [4.69, 9.17) is 14.2 Å². The number of carbonyl (C=O) groups is 1. The maximum atomic E-state index is 12.8. The second-order valence-corrected chi connectivity index (χ2v) is 8.64. The summed E-state index contributed by atoms with van der Waals surface area (Å²) < 4.78 is 41.9. The van der Waals surface area contributed by atoms with Crippen molar-refractivity contribution in [3.05, 3.63) is 47.5 Å². The van der Waals surface area contributed by atoms with Gasteiger partial charge in [-0.3, -0.25) is 9.10 Å². The standard InChI is InChI=1S/C21H28N2O6S/c1-14-7-10-17(11-8-14)23(30(6,25)26)15(2)21(24)22-13-16-9-12-18(27-3)20(29-5)19(16)28-4/h7-12,15H,13H2,1-6H3,(H,22,24)/t15-/m0/s1. The van der Waals surface area contributed by atoms with Crippen molar-refractivity contribution in [3.63, 3.8) is 0 Å².